The lowest BCUT2D eigenvalue weighted by Crippen LogP contribution is -2.22. The van der Waals surface area contributed by atoms with E-state index in [4.69, 9.17) is 18.9 Å². The zero-order valence-corrected chi connectivity index (χ0v) is 14.2. The van der Waals surface area contributed by atoms with Crippen LogP contribution in [0.2, 0.25) is 0 Å². The lowest BCUT2D eigenvalue weighted by atomic mass is 10.0. The van der Waals surface area contributed by atoms with E-state index in [0.29, 0.717) is 22.8 Å². The summed E-state index contributed by atoms with van der Waals surface area (Å²) in [5.41, 5.74) is 0.818. The molecule has 1 atom stereocenters. The largest absolute Gasteiger partial charge is 0.497 e. The van der Waals surface area contributed by atoms with Crippen LogP contribution in [0.3, 0.4) is 0 Å². The van der Waals surface area contributed by atoms with Gasteiger partial charge in [-0.1, -0.05) is 12.1 Å². The van der Waals surface area contributed by atoms with Gasteiger partial charge in [0.2, 0.25) is 11.7 Å². The quantitative estimate of drug-likeness (QED) is 0.536. The fraction of sp³-hybridized carbons (Fsp3) is 0.278. The number of ether oxygens (including phenoxy) is 4. The molecule has 2 aromatic rings. The monoisotopic (exact) mass is 345 g/mol. The molecule has 2 rings (SSSR count). The summed E-state index contributed by atoms with van der Waals surface area (Å²) >= 11 is 0. The van der Waals surface area contributed by atoms with Crippen molar-refractivity contribution < 1.29 is 28.5 Å². The third-order valence-electron chi connectivity index (χ3n) is 3.40. The van der Waals surface area contributed by atoms with Gasteiger partial charge in [-0.2, -0.15) is 0 Å². The van der Waals surface area contributed by atoms with Crippen molar-refractivity contribution in [2.24, 2.45) is 0 Å². The number of aromatic nitrogens is 1. The minimum atomic E-state index is -1.11. The fourth-order valence-corrected chi connectivity index (χ4v) is 2.13. The van der Waals surface area contributed by atoms with Crippen molar-refractivity contribution in [1.82, 2.24) is 4.98 Å². The molecule has 0 fully saturated rings. The van der Waals surface area contributed by atoms with Crippen LogP contribution in [0.4, 0.5) is 0 Å². The summed E-state index contributed by atoms with van der Waals surface area (Å²) in [5, 5.41) is 0. The van der Waals surface area contributed by atoms with Crippen LogP contribution in [-0.2, 0) is 14.3 Å². The van der Waals surface area contributed by atoms with Crippen molar-refractivity contribution in [1.29, 1.82) is 0 Å². The predicted molar refractivity (Wildman–Crippen MR) is 88.8 cm³/mol. The normalized spacial score (nSPS) is 11.5. The van der Waals surface area contributed by atoms with Gasteiger partial charge in [-0.25, -0.2) is 9.78 Å². The van der Waals surface area contributed by atoms with E-state index in [-0.39, 0.29) is 6.61 Å². The van der Waals surface area contributed by atoms with Crippen LogP contribution < -0.4 is 9.47 Å². The van der Waals surface area contributed by atoms with Gasteiger partial charge < -0.3 is 18.9 Å². The number of ketones is 1. The van der Waals surface area contributed by atoms with Gasteiger partial charge in [-0.15, -0.1) is 0 Å². The smallest absolute Gasteiger partial charge is 0.333 e. The Morgan fingerprint density at radius 1 is 1.00 bits per heavy atom. The average Bonchev–Trinajstić information content (AvgIpc) is 2.66. The highest BCUT2D eigenvalue weighted by atomic mass is 16.6. The second kappa shape index (κ2) is 8.79. The molecule has 0 radical (unpaired) electrons. The minimum absolute atomic E-state index is 0.249. The number of pyridine rings is 1. The predicted octanol–water partition coefficient (Wildman–Crippen LogP) is 2.21. The topological polar surface area (TPSA) is 84.0 Å². The molecule has 0 saturated heterocycles. The Balaban J connectivity index is 2.30. The zero-order valence-electron chi connectivity index (χ0n) is 14.2. The maximum Gasteiger partial charge on any atom is 0.333 e. The first-order valence-electron chi connectivity index (χ1n) is 7.45. The van der Waals surface area contributed by atoms with Gasteiger partial charge >= 0.3 is 5.97 Å². The van der Waals surface area contributed by atoms with Gasteiger partial charge in [0.05, 0.1) is 14.2 Å². The van der Waals surface area contributed by atoms with E-state index in [1.165, 1.54) is 20.4 Å². The molecule has 0 spiro atoms. The molecule has 132 valence electrons. The summed E-state index contributed by atoms with van der Waals surface area (Å²) in [7, 11) is 4.40. The number of hydrogen-bond acceptors (Lipinski definition) is 7. The molecule has 0 bridgehead atoms. The molecule has 1 unspecified atom stereocenters. The van der Waals surface area contributed by atoms with E-state index in [1.54, 1.807) is 43.5 Å². The maximum atomic E-state index is 12.8. The average molecular weight is 345 g/mol. The SMILES string of the molecule is COCC(=O)OC(C(=O)c1ccc(OC)nc1)c1ccc(OC)cc1. The number of rotatable bonds is 8. The Labute approximate surface area is 145 Å². The summed E-state index contributed by atoms with van der Waals surface area (Å²) in [6, 6.07) is 9.83. The summed E-state index contributed by atoms with van der Waals surface area (Å²) in [6.45, 7) is -0.249. The number of carbonyl (C=O) groups is 2. The van der Waals surface area contributed by atoms with Crippen LogP contribution in [0, 0.1) is 0 Å². The minimum Gasteiger partial charge on any atom is -0.497 e. The van der Waals surface area contributed by atoms with Gasteiger partial charge in [0.15, 0.2) is 6.10 Å². The summed E-state index contributed by atoms with van der Waals surface area (Å²) in [6.07, 6.45) is 0.269. The maximum absolute atomic E-state index is 12.8. The van der Waals surface area contributed by atoms with E-state index < -0.39 is 17.9 Å². The lowest BCUT2D eigenvalue weighted by molar-refractivity contribution is -0.151. The highest BCUT2D eigenvalue weighted by Gasteiger charge is 2.26. The molecule has 7 heteroatoms. The van der Waals surface area contributed by atoms with Crippen LogP contribution in [0.25, 0.3) is 0 Å². The Bertz CT molecular complexity index is 711. The number of benzene rings is 1. The molecule has 1 heterocycles. The zero-order chi connectivity index (χ0) is 18.2. The molecule has 0 aliphatic carbocycles. The molecule has 7 nitrogen and oxygen atoms in total. The Hall–Kier alpha value is -2.93. The van der Waals surface area contributed by atoms with Crippen molar-refractivity contribution in [3.8, 4) is 11.6 Å². The number of Topliss-reactive ketones (excluding diaryl/α,β-unsaturated/α-hetero) is 1. The second-order valence-electron chi connectivity index (χ2n) is 5.03. The molecule has 1 aromatic heterocycles. The molecular formula is C18H19NO6. The van der Waals surface area contributed by atoms with E-state index in [1.807, 2.05) is 0 Å². The van der Waals surface area contributed by atoms with Gasteiger partial charge in [0.1, 0.15) is 12.4 Å². The van der Waals surface area contributed by atoms with Gasteiger partial charge in [-0.05, 0) is 18.2 Å². The molecule has 0 N–H and O–H groups in total. The van der Waals surface area contributed by atoms with Crippen molar-refractivity contribution in [3.05, 3.63) is 53.7 Å². The molecular weight excluding hydrogens is 326 g/mol. The molecule has 0 aliphatic rings. The van der Waals surface area contributed by atoms with Crippen LogP contribution in [0.5, 0.6) is 11.6 Å². The summed E-state index contributed by atoms with van der Waals surface area (Å²) in [5.74, 6) is -0.0267. The first kappa shape index (κ1) is 18.4. The molecule has 25 heavy (non-hydrogen) atoms. The van der Waals surface area contributed by atoms with Crippen molar-refractivity contribution in [2.45, 2.75) is 6.10 Å². The molecule has 0 aliphatic heterocycles. The third-order valence-corrected chi connectivity index (χ3v) is 3.40. The Morgan fingerprint density at radius 3 is 2.24 bits per heavy atom. The van der Waals surface area contributed by atoms with Crippen molar-refractivity contribution >= 4 is 11.8 Å². The Kier molecular flexibility index (Phi) is 6.47. The van der Waals surface area contributed by atoms with Crippen LogP contribution in [-0.4, -0.2) is 44.7 Å². The van der Waals surface area contributed by atoms with Gasteiger partial charge in [-0.3, -0.25) is 4.79 Å². The second-order valence-corrected chi connectivity index (χ2v) is 5.03. The molecule has 0 amide bonds. The first-order valence-corrected chi connectivity index (χ1v) is 7.45. The van der Waals surface area contributed by atoms with Crippen LogP contribution in [0.15, 0.2) is 42.6 Å². The standard InChI is InChI=1S/C18H19NO6/c1-22-11-16(20)25-18(12-4-7-14(23-2)8-5-12)17(21)13-6-9-15(24-3)19-10-13/h4-10,18H,11H2,1-3H3. The van der Waals surface area contributed by atoms with Crippen molar-refractivity contribution in [2.75, 3.05) is 27.9 Å². The van der Waals surface area contributed by atoms with Crippen molar-refractivity contribution in [3.63, 3.8) is 0 Å². The van der Waals surface area contributed by atoms with E-state index in [0.717, 1.165) is 0 Å². The van der Waals surface area contributed by atoms with Crippen LogP contribution >= 0.6 is 0 Å². The van der Waals surface area contributed by atoms with Gasteiger partial charge in [0, 0.05) is 30.5 Å². The number of hydrogen-bond donors (Lipinski definition) is 0. The highest BCUT2D eigenvalue weighted by Crippen LogP contribution is 2.25. The Morgan fingerprint density at radius 2 is 1.72 bits per heavy atom. The number of carbonyl (C=O) groups excluding carboxylic acids is 2. The molecule has 1 aromatic carbocycles. The number of esters is 1. The lowest BCUT2D eigenvalue weighted by Gasteiger charge is -2.17. The number of nitrogens with zero attached hydrogens (tertiary/aromatic N) is 1. The highest BCUT2D eigenvalue weighted by molar-refractivity contribution is 6.00. The third kappa shape index (κ3) is 4.77. The van der Waals surface area contributed by atoms with E-state index in [9.17, 15) is 9.59 Å². The van der Waals surface area contributed by atoms with E-state index in [2.05, 4.69) is 4.98 Å². The fourth-order valence-electron chi connectivity index (χ4n) is 2.13. The number of methoxy groups -OCH3 is 3. The summed E-state index contributed by atoms with van der Waals surface area (Å²) < 4.78 is 20.1. The van der Waals surface area contributed by atoms with Crippen LogP contribution in [0.1, 0.15) is 22.0 Å². The van der Waals surface area contributed by atoms with Gasteiger partial charge in [0.25, 0.3) is 0 Å². The summed E-state index contributed by atoms with van der Waals surface area (Å²) in [4.78, 5) is 28.6. The first-order chi connectivity index (χ1) is 12.1. The van der Waals surface area contributed by atoms with E-state index >= 15 is 0 Å². The molecule has 0 saturated carbocycles.